The van der Waals surface area contributed by atoms with Crippen molar-refractivity contribution < 1.29 is 19.1 Å². The largest absolute Gasteiger partial charge is 0.480 e. The van der Waals surface area contributed by atoms with Crippen molar-refractivity contribution in [1.82, 2.24) is 4.90 Å². The first-order valence-electron chi connectivity index (χ1n) is 9.68. The molecule has 2 aliphatic rings. The number of likely N-dealkylation sites (N-methyl/N-ethyl adjacent to an activating group) is 1. The molecule has 6 heteroatoms. The van der Waals surface area contributed by atoms with Gasteiger partial charge in [0, 0.05) is 35.0 Å². The number of aryl methyl sites for hydroxylation is 1. The van der Waals surface area contributed by atoms with E-state index in [1.165, 1.54) is 10.5 Å². The van der Waals surface area contributed by atoms with E-state index in [-0.39, 0.29) is 18.4 Å². The van der Waals surface area contributed by atoms with Crippen LogP contribution in [0.15, 0.2) is 22.6 Å². The van der Waals surface area contributed by atoms with Crippen molar-refractivity contribution in [3.05, 3.63) is 29.5 Å². The number of hydrogen-bond acceptors (Lipinski definition) is 4. The number of rotatable bonds is 5. The maximum absolute atomic E-state index is 12.8. The van der Waals surface area contributed by atoms with Crippen molar-refractivity contribution >= 4 is 28.5 Å². The zero-order valence-corrected chi connectivity index (χ0v) is 15.9. The highest BCUT2D eigenvalue weighted by atomic mass is 16.4. The van der Waals surface area contributed by atoms with E-state index in [9.17, 15) is 14.7 Å². The molecule has 1 atom stereocenters. The van der Waals surface area contributed by atoms with E-state index in [1.54, 1.807) is 6.07 Å². The standard InChI is InChI=1S/C21H26N2O4/c1-22(2)14-6-8-18-16(10-14)17-11-15(7-9-19(17)27-18)23(12-20(24)25)21(26)13-4-3-5-13/h7,9,11,13-14H,3-6,8,10,12H2,1-2H3,(H,24,25). The Kier molecular flexibility index (Phi) is 4.68. The van der Waals surface area contributed by atoms with Gasteiger partial charge in [-0.05, 0) is 58.0 Å². The molecule has 1 aromatic carbocycles. The fraction of sp³-hybridized carbons (Fsp3) is 0.524. The molecule has 1 saturated carbocycles. The van der Waals surface area contributed by atoms with Gasteiger partial charge in [-0.15, -0.1) is 0 Å². The minimum Gasteiger partial charge on any atom is -0.480 e. The molecule has 1 fully saturated rings. The van der Waals surface area contributed by atoms with Gasteiger partial charge in [0.2, 0.25) is 5.91 Å². The van der Waals surface area contributed by atoms with Gasteiger partial charge in [0.15, 0.2) is 0 Å². The number of hydrogen-bond donors (Lipinski definition) is 1. The van der Waals surface area contributed by atoms with E-state index in [0.29, 0.717) is 11.7 Å². The number of aliphatic carboxylic acids is 1. The van der Waals surface area contributed by atoms with Crippen LogP contribution in [0.3, 0.4) is 0 Å². The Morgan fingerprint density at radius 1 is 1.22 bits per heavy atom. The lowest BCUT2D eigenvalue weighted by molar-refractivity contribution is -0.137. The van der Waals surface area contributed by atoms with Gasteiger partial charge >= 0.3 is 5.97 Å². The van der Waals surface area contributed by atoms with Crippen LogP contribution in [0.5, 0.6) is 0 Å². The summed E-state index contributed by atoms with van der Waals surface area (Å²) in [4.78, 5) is 27.8. The minimum atomic E-state index is -0.996. The van der Waals surface area contributed by atoms with Crippen LogP contribution < -0.4 is 4.90 Å². The van der Waals surface area contributed by atoms with Gasteiger partial charge in [0.25, 0.3) is 0 Å². The van der Waals surface area contributed by atoms with Gasteiger partial charge in [0.05, 0.1) is 0 Å². The van der Waals surface area contributed by atoms with E-state index in [1.807, 2.05) is 12.1 Å². The lowest BCUT2D eigenvalue weighted by atomic mass is 9.84. The number of carbonyl (C=O) groups excluding carboxylic acids is 1. The summed E-state index contributed by atoms with van der Waals surface area (Å²) in [6.45, 7) is -0.304. The summed E-state index contributed by atoms with van der Waals surface area (Å²) >= 11 is 0. The van der Waals surface area contributed by atoms with Crippen molar-refractivity contribution in [1.29, 1.82) is 0 Å². The molecule has 1 aromatic heterocycles. The number of carboxylic acid groups (broad SMARTS) is 1. The van der Waals surface area contributed by atoms with Gasteiger partial charge in [-0.1, -0.05) is 6.42 Å². The third-order valence-corrected chi connectivity index (χ3v) is 6.06. The first-order chi connectivity index (χ1) is 12.9. The smallest absolute Gasteiger partial charge is 0.323 e. The third kappa shape index (κ3) is 3.34. The third-order valence-electron chi connectivity index (χ3n) is 6.06. The lowest BCUT2D eigenvalue weighted by Gasteiger charge is -2.31. The summed E-state index contributed by atoms with van der Waals surface area (Å²) in [6.07, 6.45) is 5.62. The van der Waals surface area contributed by atoms with Crippen molar-refractivity contribution in [2.75, 3.05) is 25.5 Å². The fourth-order valence-corrected chi connectivity index (χ4v) is 4.16. The molecular formula is C21H26N2O4. The number of carboxylic acids is 1. The SMILES string of the molecule is CN(C)C1CCc2oc3ccc(N(CC(=O)O)C(=O)C4CCC4)cc3c2C1. The predicted molar refractivity (Wildman–Crippen MR) is 103 cm³/mol. The van der Waals surface area contributed by atoms with Crippen molar-refractivity contribution in [2.24, 2.45) is 5.92 Å². The maximum atomic E-state index is 12.8. The predicted octanol–water partition coefficient (Wildman–Crippen LogP) is 3.07. The normalized spacial score (nSPS) is 19.7. The molecule has 0 bridgehead atoms. The Hall–Kier alpha value is -2.34. The number of fused-ring (bicyclic) bond motifs is 3. The van der Waals surface area contributed by atoms with Crippen LogP contribution in [0.1, 0.15) is 37.0 Å². The van der Waals surface area contributed by atoms with Crippen LogP contribution in [-0.4, -0.2) is 48.6 Å². The van der Waals surface area contributed by atoms with Crippen molar-refractivity contribution in [3.8, 4) is 0 Å². The number of benzene rings is 1. The number of carbonyl (C=O) groups is 2. The summed E-state index contributed by atoms with van der Waals surface area (Å²) in [5, 5.41) is 10.3. The Balaban J connectivity index is 1.71. The molecule has 0 aliphatic heterocycles. The Bertz CT molecular complexity index is 882. The van der Waals surface area contributed by atoms with Gasteiger partial charge in [-0.2, -0.15) is 0 Å². The highest BCUT2D eigenvalue weighted by Crippen LogP contribution is 2.36. The fourth-order valence-electron chi connectivity index (χ4n) is 4.16. The molecule has 144 valence electrons. The molecule has 2 aromatic rings. The lowest BCUT2D eigenvalue weighted by Crippen LogP contribution is -2.42. The Morgan fingerprint density at radius 3 is 2.63 bits per heavy atom. The Morgan fingerprint density at radius 2 is 2.00 bits per heavy atom. The van der Waals surface area contributed by atoms with E-state index in [0.717, 1.165) is 55.3 Å². The van der Waals surface area contributed by atoms with Gasteiger partial charge in [-0.25, -0.2) is 0 Å². The summed E-state index contributed by atoms with van der Waals surface area (Å²) in [6, 6.07) is 6.08. The van der Waals surface area contributed by atoms with Crippen LogP contribution in [0, 0.1) is 5.92 Å². The quantitative estimate of drug-likeness (QED) is 0.876. The van der Waals surface area contributed by atoms with E-state index < -0.39 is 5.97 Å². The summed E-state index contributed by atoms with van der Waals surface area (Å²) < 4.78 is 6.04. The molecule has 1 heterocycles. The molecule has 2 aliphatic carbocycles. The molecule has 0 spiro atoms. The number of amides is 1. The van der Waals surface area contributed by atoms with Crippen LogP contribution in [0.25, 0.3) is 11.0 Å². The molecular weight excluding hydrogens is 344 g/mol. The first kappa shape index (κ1) is 18.0. The number of furan rings is 1. The summed E-state index contributed by atoms with van der Waals surface area (Å²) in [5.74, 6) is -0.0945. The molecule has 0 radical (unpaired) electrons. The van der Waals surface area contributed by atoms with E-state index >= 15 is 0 Å². The average Bonchev–Trinajstić information content (AvgIpc) is 2.94. The molecule has 0 saturated heterocycles. The summed E-state index contributed by atoms with van der Waals surface area (Å²) in [5.41, 5.74) is 2.66. The van der Waals surface area contributed by atoms with E-state index in [2.05, 4.69) is 19.0 Å². The van der Waals surface area contributed by atoms with Crippen LogP contribution in [0.2, 0.25) is 0 Å². The molecule has 1 amide bonds. The number of anilines is 1. The topological polar surface area (TPSA) is 74.0 Å². The molecule has 27 heavy (non-hydrogen) atoms. The second kappa shape index (κ2) is 7.00. The minimum absolute atomic E-state index is 0.0450. The maximum Gasteiger partial charge on any atom is 0.323 e. The van der Waals surface area contributed by atoms with Crippen LogP contribution >= 0.6 is 0 Å². The number of nitrogens with zero attached hydrogens (tertiary/aromatic N) is 2. The highest BCUT2D eigenvalue weighted by Gasteiger charge is 2.32. The summed E-state index contributed by atoms with van der Waals surface area (Å²) in [7, 11) is 4.19. The monoisotopic (exact) mass is 370 g/mol. The highest BCUT2D eigenvalue weighted by molar-refractivity contribution is 6.01. The first-order valence-corrected chi connectivity index (χ1v) is 9.68. The van der Waals surface area contributed by atoms with Gasteiger partial charge < -0.3 is 19.3 Å². The Labute approximate surface area is 158 Å². The molecule has 4 rings (SSSR count). The molecule has 1 unspecified atom stereocenters. The molecule has 6 nitrogen and oxygen atoms in total. The van der Waals surface area contributed by atoms with E-state index in [4.69, 9.17) is 4.42 Å². The van der Waals surface area contributed by atoms with Crippen molar-refractivity contribution in [2.45, 2.75) is 44.6 Å². The van der Waals surface area contributed by atoms with Gasteiger partial charge in [-0.3, -0.25) is 9.59 Å². The van der Waals surface area contributed by atoms with Crippen LogP contribution in [-0.2, 0) is 22.4 Å². The zero-order chi connectivity index (χ0) is 19.1. The van der Waals surface area contributed by atoms with Crippen LogP contribution in [0.4, 0.5) is 5.69 Å². The molecule has 1 N–H and O–H groups in total. The average molecular weight is 370 g/mol. The van der Waals surface area contributed by atoms with Gasteiger partial charge in [0.1, 0.15) is 17.9 Å². The van der Waals surface area contributed by atoms with Crippen molar-refractivity contribution in [3.63, 3.8) is 0 Å². The zero-order valence-electron chi connectivity index (χ0n) is 15.9. The second-order valence-corrected chi connectivity index (χ2v) is 7.99. The second-order valence-electron chi connectivity index (χ2n) is 7.99.